The van der Waals surface area contributed by atoms with Crippen molar-refractivity contribution in [3.63, 3.8) is 0 Å². The van der Waals surface area contributed by atoms with Crippen molar-refractivity contribution in [2.45, 2.75) is 52.9 Å². The van der Waals surface area contributed by atoms with Crippen molar-refractivity contribution in [2.75, 3.05) is 0 Å². The topological polar surface area (TPSA) is 21.1 Å². The van der Waals surface area contributed by atoms with Gasteiger partial charge in [-0.05, 0) is 36.6 Å². The number of imidazole rings is 1. The molecular formula is C29H32FN3. The molecule has 0 saturated heterocycles. The van der Waals surface area contributed by atoms with Crippen molar-refractivity contribution in [3.8, 4) is 11.4 Å². The molecular weight excluding hydrogens is 409 g/mol. The van der Waals surface area contributed by atoms with Gasteiger partial charge in [0, 0.05) is 26.2 Å². The van der Waals surface area contributed by atoms with Crippen molar-refractivity contribution in [1.82, 2.24) is 14.5 Å². The van der Waals surface area contributed by atoms with Crippen molar-refractivity contribution in [1.29, 1.82) is 0 Å². The third kappa shape index (κ3) is 5.96. The fourth-order valence-electron chi connectivity index (χ4n) is 4.27. The van der Waals surface area contributed by atoms with Gasteiger partial charge in [-0.15, -0.1) is 0 Å². The first-order valence-corrected chi connectivity index (χ1v) is 11.7. The molecule has 0 aliphatic rings. The predicted molar refractivity (Wildman–Crippen MR) is 133 cm³/mol. The molecule has 0 spiro atoms. The van der Waals surface area contributed by atoms with E-state index in [-0.39, 0.29) is 5.82 Å². The second-order valence-electron chi connectivity index (χ2n) is 8.68. The zero-order chi connectivity index (χ0) is 23.0. The lowest BCUT2D eigenvalue weighted by molar-refractivity contribution is 0.241. The first-order valence-electron chi connectivity index (χ1n) is 11.7. The summed E-state index contributed by atoms with van der Waals surface area (Å²) in [6.45, 7) is 7.56. The molecule has 0 aliphatic carbocycles. The molecule has 0 atom stereocenters. The summed E-state index contributed by atoms with van der Waals surface area (Å²) in [6.07, 6.45) is 4.03. The Morgan fingerprint density at radius 3 is 2.33 bits per heavy atom. The Morgan fingerprint density at radius 2 is 1.58 bits per heavy atom. The van der Waals surface area contributed by atoms with Crippen molar-refractivity contribution in [2.24, 2.45) is 0 Å². The lowest BCUT2D eigenvalue weighted by Gasteiger charge is -2.24. The molecule has 0 fully saturated rings. The fourth-order valence-corrected chi connectivity index (χ4v) is 4.27. The van der Waals surface area contributed by atoms with E-state index in [0.717, 1.165) is 44.7 Å². The average molecular weight is 442 g/mol. The van der Waals surface area contributed by atoms with Crippen LogP contribution in [0.2, 0.25) is 0 Å². The monoisotopic (exact) mass is 441 g/mol. The van der Waals surface area contributed by atoms with E-state index < -0.39 is 0 Å². The molecule has 0 radical (unpaired) electrons. The van der Waals surface area contributed by atoms with Gasteiger partial charge >= 0.3 is 0 Å². The minimum absolute atomic E-state index is 0.228. The van der Waals surface area contributed by atoms with Crippen LogP contribution in [-0.4, -0.2) is 14.5 Å². The van der Waals surface area contributed by atoms with E-state index in [0.29, 0.717) is 11.4 Å². The van der Waals surface area contributed by atoms with Crippen molar-refractivity contribution < 1.29 is 4.39 Å². The van der Waals surface area contributed by atoms with Gasteiger partial charge in [-0.1, -0.05) is 85.6 Å². The van der Waals surface area contributed by atoms with Crippen LogP contribution in [0.25, 0.3) is 11.4 Å². The highest BCUT2D eigenvalue weighted by molar-refractivity contribution is 5.57. The number of aryl methyl sites for hydroxylation is 1. The van der Waals surface area contributed by atoms with E-state index in [4.69, 9.17) is 0 Å². The van der Waals surface area contributed by atoms with Crippen LogP contribution in [0.1, 0.15) is 42.1 Å². The minimum atomic E-state index is -0.228. The molecule has 170 valence electrons. The van der Waals surface area contributed by atoms with Gasteiger partial charge in [-0.25, -0.2) is 9.37 Å². The maximum atomic E-state index is 14.6. The molecule has 3 aromatic carbocycles. The number of aromatic nitrogens is 2. The number of halogens is 1. The maximum absolute atomic E-state index is 14.6. The summed E-state index contributed by atoms with van der Waals surface area (Å²) in [5, 5.41) is 0. The molecule has 1 aromatic heterocycles. The summed E-state index contributed by atoms with van der Waals surface area (Å²) in [5.74, 6) is 0.486. The zero-order valence-electron chi connectivity index (χ0n) is 19.5. The second-order valence-corrected chi connectivity index (χ2v) is 8.68. The Bertz CT molecular complexity index is 1170. The molecule has 0 N–H and O–H groups in total. The molecule has 3 nitrogen and oxygen atoms in total. The van der Waals surface area contributed by atoms with Gasteiger partial charge in [0.2, 0.25) is 0 Å². The van der Waals surface area contributed by atoms with Gasteiger partial charge < -0.3 is 4.57 Å². The zero-order valence-corrected chi connectivity index (χ0v) is 19.5. The number of unbranched alkanes of at least 4 members (excludes halogenated alkanes) is 1. The van der Waals surface area contributed by atoms with Crippen LogP contribution >= 0.6 is 0 Å². The van der Waals surface area contributed by atoms with Crippen LogP contribution in [0, 0.1) is 12.7 Å². The Hall–Kier alpha value is -3.24. The van der Waals surface area contributed by atoms with E-state index in [2.05, 4.69) is 82.9 Å². The quantitative estimate of drug-likeness (QED) is 0.264. The molecule has 1 heterocycles. The van der Waals surface area contributed by atoms with Crippen LogP contribution in [0.15, 0.2) is 85.1 Å². The molecule has 0 aliphatic heterocycles. The van der Waals surface area contributed by atoms with Crippen LogP contribution in [0.4, 0.5) is 4.39 Å². The molecule has 0 bridgehead atoms. The van der Waals surface area contributed by atoms with Gasteiger partial charge in [0.15, 0.2) is 0 Å². The summed E-state index contributed by atoms with van der Waals surface area (Å²) >= 11 is 0. The number of hydrogen-bond donors (Lipinski definition) is 0. The van der Waals surface area contributed by atoms with Crippen LogP contribution in [-0.2, 0) is 26.2 Å². The highest BCUT2D eigenvalue weighted by Gasteiger charge is 2.17. The van der Waals surface area contributed by atoms with Crippen LogP contribution in [0.3, 0.4) is 0 Å². The number of rotatable bonds is 10. The largest absolute Gasteiger partial charge is 0.327 e. The Morgan fingerprint density at radius 1 is 0.848 bits per heavy atom. The average Bonchev–Trinajstić information content (AvgIpc) is 3.20. The number of benzene rings is 3. The molecule has 33 heavy (non-hydrogen) atoms. The van der Waals surface area contributed by atoms with E-state index in [1.807, 2.05) is 18.3 Å². The molecule has 0 amide bonds. The minimum Gasteiger partial charge on any atom is -0.327 e. The number of hydrogen-bond acceptors (Lipinski definition) is 2. The van der Waals surface area contributed by atoms with Gasteiger partial charge in [0.25, 0.3) is 0 Å². The summed E-state index contributed by atoms with van der Waals surface area (Å²) < 4.78 is 16.8. The SMILES string of the molecule is CCCCn1c(CN(Cc2ccccc2)Cc2cccc(C)c2)cnc1-c1ccccc1F. The van der Waals surface area contributed by atoms with E-state index >= 15 is 0 Å². The van der Waals surface area contributed by atoms with Crippen molar-refractivity contribution in [3.05, 3.63) is 113 Å². The summed E-state index contributed by atoms with van der Waals surface area (Å²) in [6, 6.07) is 26.2. The van der Waals surface area contributed by atoms with Gasteiger partial charge in [-0.2, -0.15) is 0 Å². The standard InChI is InChI=1S/C29H32FN3/c1-3-4-17-33-26(19-31-29(33)27-15-8-9-16-28(27)30)22-32(20-24-12-6-5-7-13-24)21-25-14-10-11-23(2)18-25/h5-16,18-19H,3-4,17,20-22H2,1-2H3. The first-order chi connectivity index (χ1) is 16.1. The predicted octanol–water partition coefficient (Wildman–Crippen LogP) is 7.00. The molecule has 4 aromatic rings. The van der Waals surface area contributed by atoms with Crippen molar-refractivity contribution >= 4 is 0 Å². The summed E-state index contributed by atoms with van der Waals surface area (Å²) in [5.41, 5.74) is 5.51. The van der Waals surface area contributed by atoms with Gasteiger partial charge in [0.1, 0.15) is 11.6 Å². The summed E-state index contributed by atoms with van der Waals surface area (Å²) in [4.78, 5) is 7.12. The molecule has 4 heteroatoms. The second kappa shape index (κ2) is 11.1. The van der Waals surface area contributed by atoms with E-state index in [1.165, 1.54) is 22.8 Å². The third-order valence-corrected chi connectivity index (χ3v) is 5.91. The highest BCUT2D eigenvalue weighted by Crippen LogP contribution is 2.25. The lowest BCUT2D eigenvalue weighted by atomic mass is 10.1. The number of nitrogens with zero attached hydrogens (tertiary/aromatic N) is 3. The Balaban J connectivity index is 1.66. The maximum Gasteiger partial charge on any atom is 0.143 e. The smallest absolute Gasteiger partial charge is 0.143 e. The van der Waals surface area contributed by atoms with E-state index in [1.54, 1.807) is 6.07 Å². The fraction of sp³-hybridized carbons (Fsp3) is 0.276. The third-order valence-electron chi connectivity index (χ3n) is 5.91. The van der Waals surface area contributed by atoms with Crippen LogP contribution < -0.4 is 0 Å². The lowest BCUT2D eigenvalue weighted by Crippen LogP contribution is -2.24. The normalized spacial score (nSPS) is 11.3. The van der Waals surface area contributed by atoms with E-state index in [9.17, 15) is 4.39 Å². The highest BCUT2D eigenvalue weighted by atomic mass is 19.1. The Kier molecular flexibility index (Phi) is 7.69. The summed E-state index contributed by atoms with van der Waals surface area (Å²) in [7, 11) is 0. The molecule has 0 unspecified atom stereocenters. The Labute approximate surface area is 196 Å². The first kappa shape index (κ1) is 22.9. The molecule has 4 rings (SSSR count). The van der Waals surface area contributed by atoms with Gasteiger partial charge in [-0.3, -0.25) is 4.90 Å². The van der Waals surface area contributed by atoms with Crippen LogP contribution in [0.5, 0.6) is 0 Å². The van der Waals surface area contributed by atoms with Gasteiger partial charge in [0.05, 0.1) is 17.5 Å². The molecule has 0 saturated carbocycles.